The molecule has 3 aromatic rings. The maximum Gasteiger partial charge on any atom is 0.410 e. The van der Waals surface area contributed by atoms with E-state index in [0.717, 1.165) is 41.2 Å². The van der Waals surface area contributed by atoms with Crippen molar-refractivity contribution in [2.45, 2.75) is 51.9 Å². The van der Waals surface area contributed by atoms with Crippen molar-refractivity contribution in [3.05, 3.63) is 72.2 Å². The van der Waals surface area contributed by atoms with Crippen LogP contribution in [0.1, 0.15) is 51.0 Å². The van der Waals surface area contributed by atoms with Gasteiger partial charge in [0.15, 0.2) is 0 Å². The van der Waals surface area contributed by atoms with Crippen molar-refractivity contribution in [3.8, 4) is 17.0 Å². The van der Waals surface area contributed by atoms with E-state index in [1.165, 1.54) is 0 Å². The van der Waals surface area contributed by atoms with Crippen LogP contribution in [0.2, 0.25) is 0 Å². The molecule has 1 saturated heterocycles. The Hall–Kier alpha value is -3.28. The van der Waals surface area contributed by atoms with Crippen LogP contribution in [0.25, 0.3) is 11.3 Å². The van der Waals surface area contributed by atoms with Crippen LogP contribution in [-0.4, -0.2) is 33.1 Å². The fourth-order valence-corrected chi connectivity index (χ4v) is 3.71. The van der Waals surface area contributed by atoms with E-state index in [1.54, 1.807) is 4.90 Å². The molecule has 1 amide bonds. The van der Waals surface area contributed by atoms with E-state index in [1.807, 2.05) is 81.6 Å². The van der Waals surface area contributed by atoms with Gasteiger partial charge in [0.25, 0.3) is 0 Å². The number of aromatic nitrogens is 2. The quantitative estimate of drug-likeness (QED) is 0.574. The summed E-state index contributed by atoms with van der Waals surface area (Å²) in [6.07, 6.45) is 3.35. The van der Waals surface area contributed by atoms with Crippen LogP contribution in [0, 0.1) is 0 Å². The van der Waals surface area contributed by atoms with Crippen LogP contribution in [0.4, 0.5) is 4.79 Å². The van der Waals surface area contributed by atoms with Gasteiger partial charge in [0.2, 0.25) is 0 Å². The third kappa shape index (κ3) is 5.26. The number of amides is 1. The van der Waals surface area contributed by atoms with Crippen molar-refractivity contribution >= 4 is 6.09 Å². The van der Waals surface area contributed by atoms with Gasteiger partial charge in [0, 0.05) is 6.54 Å². The van der Waals surface area contributed by atoms with Crippen LogP contribution in [0.15, 0.2) is 60.8 Å². The molecular weight excluding hydrogens is 390 g/mol. The number of hydrogen-bond acceptors (Lipinski definition) is 4. The van der Waals surface area contributed by atoms with E-state index in [4.69, 9.17) is 9.47 Å². The topological polar surface area (TPSA) is 67.4 Å². The molecule has 1 aliphatic heterocycles. The lowest BCUT2D eigenvalue weighted by Gasteiger charge is -2.27. The summed E-state index contributed by atoms with van der Waals surface area (Å²) in [6, 6.07) is 18.0. The molecule has 1 aliphatic rings. The zero-order valence-electron chi connectivity index (χ0n) is 18.3. The Balaban J connectivity index is 1.41. The van der Waals surface area contributed by atoms with Gasteiger partial charge < -0.3 is 14.5 Å². The van der Waals surface area contributed by atoms with E-state index in [2.05, 4.69) is 9.97 Å². The van der Waals surface area contributed by atoms with Gasteiger partial charge in [-0.1, -0.05) is 30.3 Å². The number of rotatable bonds is 5. The summed E-state index contributed by atoms with van der Waals surface area (Å²) < 4.78 is 11.4. The fourth-order valence-electron chi connectivity index (χ4n) is 3.71. The lowest BCUT2D eigenvalue weighted by atomic mass is 10.1. The number of hydrogen-bond donors (Lipinski definition) is 1. The predicted octanol–water partition coefficient (Wildman–Crippen LogP) is 5.73. The van der Waals surface area contributed by atoms with Gasteiger partial charge in [-0.2, -0.15) is 0 Å². The van der Waals surface area contributed by atoms with Gasteiger partial charge in [0.1, 0.15) is 23.8 Å². The van der Waals surface area contributed by atoms with Gasteiger partial charge in [-0.05, 0) is 69.0 Å². The minimum atomic E-state index is -0.511. The highest BCUT2D eigenvalue weighted by Gasteiger charge is 2.34. The van der Waals surface area contributed by atoms with Crippen LogP contribution >= 0.6 is 0 Å². The van der Waals surface area contributed by atoms with E-state index in [9.17, 15) is 4.79 Å². The summed E-state index contributed by atoms with van der Waals surface area (Å²) in [5.74, 6) is 1.61. The Morgan fingerprint density at radius 1 is 1.13 bits per heavy atom. The first-order valence-electron chi connectivity index (χ1n) is 10.7. The van der Waals surface area contributed by atoms with Crippen LogP contribution in [-0.2, 0) is 11.3 Å². The zero-order valence-corrected chi connectivity index (χ0v) is 18.3. The normalized spacial score (nSPS) is 16.4. The molecule has 0 spiro atoms. The molecule has 1 aromatic heterocycles. The number of ether oxygens (including phenoxy) is 2. The Kier molecular flexibility index (Phi) is 5.98. The van der Waals surface area contributed by atoms with Crippen molar-refractivity contribution in [2.24, 2.45) is 0 Å². The molecule has 0 bridgehead atoms. The van der Waals surface area contributed by atoms with Crippen LogP contribution < -0.4 is 4.74 Å². The van der Waals surface area contributed by atoms with Gasteiger partial charge in [-0.25, -0.2) is 9.78 Å². The molecule has 0 radical (unpaired) electrons. The van der Waals surface area contributed by atoms with Gasteiger partial charge in [-0.3, -0.25) is 4.90 Å². The fraction of sp³-hybridized carbons (Fsp3) is 0.360. The molecule has 0 aliphatic carbocycles. The van der Waals surface area contributed by atoms with Crippen LogP contribution in [0.5, 0.6) is 5.75 Å². The summed E-state index contributed by atoms with van der Waals surface area (Å²) in [4.78, 5) is 22.3. The first-order chi connectivity index (χ1) is 14.9. The van der Waals surface area contributed by atoms with Gasteiger partial charge >= 0.3 is 6.09 Å². The van der Waals surface area contributed by atoms with Crippen molar-refractivity contribution in [2.75, 3.05) is 6.54 Å². The molecule has 1 atom stereocenters. The standard InChI is InChI=1S/C25H29N3O3/c1-25(2,3)31-24(29)28-15-7-10-22(28)23-26-16-21(27-23)19-11-13-20(14-12-19)30-17-18-8-5-4-6-9-18/h4-6,8-9,11-14,16,22H,7,10,15,17H2,1-3H3,(H,26,27). The summed E-state index contributed by atoms with van der Waals surface area (Å²) >= 11 is 0. The molecule has 1 unspecified atom stereocenters. The van der Waals surface area contributed by atoms with Gasteiger partial charge in [0.05, 0.1) is 17.9 Å². The highest BCUT2D eigenvalue weighted by Crippen LogP contribution is 2.33. The smallest absolute Gasteiger partial charge is 0.410 e. The van der Waals surface area contributed by atoms with Crippen molar-refractivity contribution in [1.29, 1.82) is 0 Å². The Labute approximate surface area is 183 Å². The number of likely N-dealkylation sites (tertiary alicyclic amines) is 1. The number of imidazole rings is 1. The second kappa shape index (κ2) is 8.84. The van der Waals surface area contributed by atoms with Crippen molar-refractivity contribution in [1.82, 2.24) is 14.9 Å². The van der Waals surface area contributed by atoms with E-state index >= 15 is 0 Å². The number of aromatic amines is 1. The molecule has 6 nitrogen and oxygen atoms in total. The molecule has 162 valence electrons. The Morgan fingerprint density at radius 3 is 2.58 bits per heavy atom. The summed E-state index contributed by atoms with van der Waals surface area (Å²) in [5, 5.41) is 0. The maximum absolute atomic E-state index is 12.6. The lowest BCUT2D eigenvalue weighted by molar-refractivity contribution is 0.0218. The van der Waals surface area contributed by atoms with Crippen molar-refractivity contribution in [3.63, 3.8) is 0 Å². The maximum atomic E-state index is 12.6. The first-order valence-corrected chi connectivity index (χ1v) is 10.7. The molecule has 2 aromatic carbocycles. The monoisotopic (exact) mass is 419 g/mol. The van der Waals surface area contributed by atoms with Gasteiger partial charge in [-0.15, -0.1) is 0 Å². The highest BCUT2D eigenvalue weighted by molar-refractivity contribution is 5.69. The zero-order chi connectivity index (χ0) is 21.8. The Bertz CT molecular complexity index is 1010. The summed E-state index contributed by atoms with van der Waals surface area (Å²) in [7, 11) is 0. The number of carbonyl (C=O) groups is 1. The summed E-state index contributed by atoms with van der Waals surface area (Å²) in [5.41, 5.74) is 2.56. The minimum Gasteiger partial charge on any atom is -0.489 e. The molecule has 6 heteroatoms. The second-order valence-corrected chi connectivity index (χ2v) is 8.81. The average Bonchev–Trinajstić information content (AvgIpc) is 3.42. The van der Waals surface area contributed by atoms with E-state index in [-0.39, 0.29) is 12.1 Å². The van der Waals surface area contributed by atoms with Crippen LogP contribution in [0.3, 0.4) is 0 Å². The molecule has 2 heterocycles. The van der Waals surface area contributed by atoms with Crippen molar-refractivity contribution < 1.29 is 14.3 Å². The largest absolute Gasteiger partial charge is 0.489 e. The molecule has 31 heavy (non-hydrogen) atoms. The number of H-pyrrole nitrogens is 1. The molecule has 0 saturated carbocycles. The number of benzene rings is 2. The first kappa shape index (κ1) is 21.0. The minimum absolute atomic E-state index is 0.0860. The average molecular weight is 420 g/mol. The SMILES string of the molecule is CC(C)(C)OC(=O)N1CCCC1c1ncc(-c2ccc(OCc3ccccc3)cc2)[nH]1. The molecular formula is C25H29N3O3. The number of nitrogens with zero attached hydrogens (tertiary/aromatic N) is 2. The van der Waals surface area contributed by atoms with E-state index in [0.29, 0.717) is 13.2 Å². The predicted molar refractivity (Wildman–Crippen MR) is 120 cm³/mol. The third-order valence-corrected chi connectivity index (χ3v) is 5.21. The molecule has 4 rings (SSSR count). The third-order valence-electron chi connectivity index (χ3n) is 5.21. The highest BCUT2D eigenvalue weighted by atomic mass is 16.6. The van der Waals surface area contributed by atoms with E-state index < -0.39 is 5.60 Å². The lowest BCUT2D eigenvalue weighted by Crippen LogP contribution is -2.36. The number of carbonyl (C=O) groups excluding carboxylic acids is 1. The summed E-state index contributed by atoms with van der Waals surface area (Å²) in [6.45, 7) is 6.87. The molecule has 1 N–H and O–H groups in total. The Morgan fingerprint density at radius 2 is 1.87 bits per heavy atom. The molecule has 1 fully saturated rings. The second-order valence-electron chi connectivity index (χ2n) is 8.81. The number of nitrogens with one attached hydrogen (secondary N) is 1.